The van der Waals surface area contributed by atoms with Gasteiger partial charge in [-0.15, -0.1) is 0 Å². The van der Waals surface area contributed by atoms with E-state index in [9.17, 15) is 10.2 Å². The van der Waals surface area contributed by atoms with Crippen molar-refractivity contribution in [2.75, 3.05) is 20.3 Å². The van der Waals surface area contributed by atoms with Crippen molar-refractivity contribution < 1.29 is 24.4 Å². The van der Waals surface area contributed by atoms with Crippen LogP contribution in [0.3, 0.4) is 0 Å². The van der Waals surface area contributed by atoms with Crippen LogP contribution in [-0.2, 0) is 22.7 Å². The maximum Gasteiger partial charge on any atom is 0.118 e. The molecule has 0 aliphatic heterocycles. The van der Waals surface area contributed by atoms with Gasteiger partial charge in [0.05, 0.1) is 33.5 Å². The van der Waals surface area contributed by atoms with Crippen LogP contribution in [0.15, 0.2) is 66.2 Å². The highest BCUT2D eigenvalue weighted by Crippen LogP contribution is 2.12. The van der Waals surface area contributed by atoms with E-state index in [1.807, 2.05) is 61.5 Å². The maximum atomic E-state index is 10.1. The van der Waals surface area contributed by atoms with Gasteiger partial charge in [-0.05, 0) is 35.8 Å². The van der Waals surface area contributed by atoms with Crippen molar-refractivity contribution in [1.29, 1.82) is 0 Å². The minimum Gasteiger partial charge on any atom is -0.497 e. The number of aliphatic hydroxyl groups excluding tert-OH is 2. The summed E-state index contributed by atoms with van der Waals surface area (Å²) in [5, 5.41) is 20.1. The van der Waals surface area contributed by atoms with Crippen LogP contribution in [0, 0.1) is 0 Å². The number of ether oxygens (including phenoxy) is 3. The van der Waals surface area contributed by atoms with Crippen LogP contribution in [0.2, 0.25) is 0 Å². The summed E-state index contributed by atoms with van der Waals surface area (Å²) in [5.74, 6) is 0.782. The molecule has 146 valence electrons. The van der Waals surface area contributed by atoms with Crippen LogP contribution in [0.4, 0.5) is 0 Å². The van der Waals surface area contributed by atoms with Gasteiger partial charge in [-0.3, -0.25) is 0 Å². The van der Waals surface area contributed by atoms with Gasteiger partial charge in [0, 0.05) is 0 Å². The number of rotatable bonds is 11. The van der Waals surface area contributed by atoms with Crippen molar-refractivity contribution in [1.82, 2.24) is 0 Å². The van der Waals surface area contributed by atoms with E-state index in [1.165, 1.54) is 0 Å². The van der Waals surface area contributed by atoms with E-state index >= 15 is 0 Å². The lowest BCUT2D eigenvalue weighted by Gasteiger charge is -2.16. The Morgan fingerprint density at radius 2 is 1.56 bits per heavy atom. The Kier molecular flexibility index (Phi) is 9.01. The highest BCUT2D eigenvalue weighted by atomic mass is 16.5. The zero-order valence-corrected chi connectivity index (χ0v) is 15.9. The first-order chi connectivity index (χ1) is 13.1. The Hall–Kier alpha value is -2.18. The van der Waals surface area contributed by atoms with Crippen LogP contribution in [0.1, 0.15) is 18.1 Å². The van der Waals surface area contributed by atoms with Crippen molar-refractivity contribution in [2.24, 2.45) is 0 Å². The predicted octanol–water partition coefficient (Wildman–Crippen LogP) is 3.10. The van der Waals surface area contributed by atoms with Crippen LogP contribution < -0.4 is 4.74 Å². The van der Waals surface area contributed by atoms with Crippen molar-refractivity contribution in [3.05, 3.63) is 77.4 Å². The fourth-order valence-electron chi connectivity index (χ4n) is 2.47. The molecule has 5 heteroatoms. The molecule has 27 heavy (non-hydrogen) atoms. The molecule has 2 aromatic rings. The molecular formula is C22H28O5. The Bertz CT molecular complexity index is 682. The average Bonchev–Trinajstić information content (AvgIpc) is 2.69. The van der Waals surface area contributed by atoms with E-state index in [4.69, 9.17) is 14.2 Å². The molecule has 0 heterocycles. The standard InChI is InChI=1S/C22H28O5/c1-17(13-26-14-18-6-4-3-5-7-18)12-21(23)22(24)16-27-15-19-8-10-20(25-2)11-9-19/h3-12,21-24H,13-16H2,1-2H3/b17-12+/t21-,22-/m0/s1. The molecular weight excluding hydrogens is 344 g/mol. The number of benzene rings is 2. The summed E-state index contributed by atoms with van der Waals surface area (Å²) in [5.41, 5.74) is 2.92. The molecule has 0 amide bonds. The summed E-state index contributed by atoms with van der Waals surface area (Å²) in [4.78, 5) is 0. The molecule has 0 aromatic heterocycles. The molecule has 2 aromatic carbocycles. The van der Waals surface area contributed by atoms with E-state index in [0.29, 0.717) is 19.8 Å². The summed E-state index contributed by atoms with van der Waals surface area (Å²) >= 11 is 0. The topological polar surface area (TPSA) is 68.2 Å². The van der Waals surface area contributed by atoms with Gasteiger partial charge < -0.3 is 24.4 Å². The minimum atomic E-state index is -0.999. The second-order valence-electron chi connectivity index (χ2n) is 6.41. The van der Waals surface area contributed by atoms with Gasteiger partial charge in [-0.25, -0.2) is 0 Å². The SMILES string of the molecule is COc1ccc(COC[C@H](O)[C@@H](O)/C=C(\C)COCc2ccccc2)cc1. The van der Waals surface area contributed by atoms with Crippen molar-refractivity contribution in [3.8, 4) is 5.75 Å². The Labute approximate surface area is 160 Å². The van der Waals surface area contributed by atoms with E-state index in [2.05, 4.69) is 0 Å². The fraction of sp³-hybridized carbons (Fsp3) is 0.364. The smallest absolute Gasteiger partial charge is 0.118 e. The van der Waals surface area contributed by atoms with Gasteiger partial charge in [0.1, 0.15) is 18.0 Å². The largest absolute Gasteiger partial charge is 0.497 e. The van der Waals surface area contributed by atoms with E-state index < -0.39 is 12.2 Å². The summed E-state index contributed by atoms with van der Waals surface area (Å²) < 4.78 is 16.2. The van der Waals surface area contributed by atoms with E-state index in [-0.39, 0.29) is 6.61 Å². The third-order valence-corrected chi connectivity index (χ3v) is 4.01. The fourth-order valence-corrected chi connectivity index (χ4v) is 2.47. The first-order valence-corrected chi connectivity index (χ1v) is 8.94. The quantitative estimate of drug-likeness (QED) is 0.593. The maximum absolute atomic E-state index is 10.1. The summed E-state index contributed by atoms with van der Waals surface area (Å²) in [6, 6.07) is 17.4. The third kappa shape index (κ3) is 7.93. The second-order valence-corrected chi connectivity index (χ2v) is 6.41. The Morgan fingerprint density at radius 1 is 0.926 bits per heavy atom. The highest BCUT2D eigenvalue weighted by molar-refractivity contribution is 5.26. The van der Waals surface area contributed by atoms with Crippen LogP contribution in [-0.4, -0.2) is 42.7 Å². The minimum absolute atomic E-state index is 0.0435. The molecule has 0 aliphatic carbocycles. The molecule has 0 saturated heterocycles. The lowest BCUT2D eigenvalue weighted by atomic mass is 10.1. The van der Waals surface area contributed by atoms with Gasteiger partial charge in [-0.2, -0.15) is 0 Å². The molecule has 0 bridgehead atoms. The van der Waals surface area contributed by atoms with Crippen LogP contribution >= 0.6 is 0 Å². The molecule has 2 atom stereocenters. The molecule has 0 aliphatic rings. The predicted molar refractivity (Wildman–Crippen MR) is 105 cm³/mol. The normalized spacial score (nSPS) is 14.0. The molecule has 0 radical (unpaired) electrons. The molecule has 0 saturated carbocycles. The van der Waals surface area contributed by atoms with Crippen molar-refractivity contribution in [3.63, 3.8) is 0 Å². The van der Waals surface area contributed by atoms with Gasteiger partial charge >= 0.3 is 0 Å². The van der Waals surface area contributed by atoms with Gasteiger partial charge in [-0.1, -0.05) is 48.5 Å². The monoisotopic (exact) mass is 372 g/mol. The lowest BCUT2D eigenvalue weighted by Crippen LogP contribution is -2.29. The van der Waals surface area contributed by atoms with Crippen LogP contribution in [0.5, 0.6) is 5.75 Å². The third-order valence-electron chi connectivity index (χ3n) is 4.01. The Balaban J connectivity index is 1.68. The number of methoxy groups -OCH3 is 1. The molecule has 2 rings (SSSR count). The summed E-state index contributed by atoms with van der Waals surface area (Å²) in [6.07, 6.45) is -0.389. The van der Waals surface area contributed by atoms with Gasteiger partial charge in [0.2, 0.25) is 0 Å². The number of hydrogen-bond donors (Lipinski definition) is 2. The first kappa shape index (κ1) is 21.1. The summed E-state index contributed by atoms with van der Waals surface area (Å²) in [6.45, 7) is 3.17. The number of hydrogen-bond acceptors (Lipinski definition) is 5. The van der Waals surface area contributed by atoms with E-state index in [0.717, 1.165) is 22.4 Å². The molecule has 0 unspecified atom stereocenters. The second kappa shape index (κ2) is 11.5. The summed E-state index contributed by atoms with van der Waals surface area (Å²) in [7, 11) is 1.62. The number of aliphatic hydroxyl groups is 2. The van der Waals surface area contributed by atoms with E-state index in [1.54, 1.807) is 13.2 Å². The molecule has 0 fully saturated rings. The zero-order valence-electron chi connectivity index (χ0n) is 15.9. The zero-order chi connectivity index (χ0) is 19.5. The molecule has 0 spiro atoms. The van der Waals surface area contributed by atoms with Crippen molar-refractivity contribution >= 4 is 0 Å². The highest BCUT2D eigenvalue weighted by Gasteiger charge is 2.14. The first-order valence-electron chi connectivity index (χ1n) is 8.94. The molecule has 2 N–H and O–H groups in total. The van der Waals surface area contributed by atoms with Gasteiger partial charge in [0.15, 0.2) is 0 Å². The van der Waals surface area contributed by atoms with Gasteiger partial charge in [0.25, 0.3) is 0 Å². The lowest BCUT2D eigenvalue weighted by molar-refractivity contribution is -0.0253. The van der Waals surface area contributed by atoms with Crippen molar-refractivity contribution in [2.45, 2.75) is 32.3 Å². The van der Waals surface area contributed by atoms with Crippen LogP contribution in [0.25, 0.3) is 0 Å². The Morgan fingerprint density at radius 3 is 2.22 bits per heavy atom. The molecule has 5 nitrogen and oxygen atoms in total. The average molecular weight is 372 g/mol.